The molecule has 121 heavy (non-hydrogen) atoms. The average molecular weight is 1740 g/mol. The molecule has 0 spiro atoms. The van der Waals surface area contributed by atoms with E-state index in [2.05, 4.69) is 54.1 Å². The van der Waals surface area contributed by atoms with Gasteiger partial charge in [-0.3, -0.25) is 9.59 Å². The topological polar surface area (TPSA) is 306 Å². The number of fused-ring (bicyclic) bond motifs is 4. The summed E-state index contributed by atoms with van der Waals surface area (Å²) in [5.41, 5.74) is 6.31. The number of phenols is 1. The summed E-state index contributed by atoms with van der Waals surface area (Å²) in [7, 11) is 2.86. The van der Waals surface area contributed by atoms with Crippen molar-refractivity contribution in [1.82, 2.24) is 34.0 Å². The van der Waals surface area contributed by atoms with E-state index < -0.39 is 78.2 Å². The van der Waals surface area contributed by atoms with E-state index in [4.69, 9.17) is 91.6 Å². The van der Waals surface area contributed by atoms with E-state index in [-0.39, 0.29) is 73.2 Å². The SMILES string of the molecule is CCC(C)n1ncn(-c2ccc(N3CCN(c4ccc(OC[C@H]5CO[C@](Cn6cncn6)(c6ccc(Cl)cc6Cl)O5)cc4)CC3)cc2)c1=O.COc1cc([C@@H]2c3cc4c(cc3C(O[C@@H]3O[C@@H]5COC(c6cccs6)O[C@H]5[C@H](O)[C@H]3O)C3COC(=O)[C@@H]32)OCO4)cc(OC)c1O.O=C(CCCN1CCC(O)(c2ccc(Cl)cc2)CC1)c1ccc(F)cc1. The molecule has 638 valence electrons. The Kier molecular flexibility index (Phi) is 26.0. The maximum absolute atomic E-state index is 13.5. The third-order valence-corrected chi connectivity index (χ3v) is 25.3. The molecule has 28 nitrogen and oxygen atoms in total. The molecule has 13 atom stereocenters. The number of carbonyl (C=O) groups excluding carboxylic acids is 2. The van der Waals surface area contributed by atoms with Gasteiger partial charge in [0.25, 0.3) is 0 Å². The number of carbonyl (C=O) groups is 2. The predicted molar refractivity (Wildman–Crippen MR) is 445 cm³/mol. The second-order valence-corrected chi connectivity index (χ2v) is 33.2. The second-order valence-electron chi connectivity index (χ2n) is 31.0. The number of nitrogens with zero attached hydrogens (tertiary/aromatic N) is 9. The lowest BCUT2D eigenvalue weighted by molar-refractivity contribution is -0.368. The van der Waals surface area contributed by atoms with Gasteiger partial charge in [-0.15, -0.1) is 11.3 Å². The number of benzene rings is 7. The van der Waals surface area contributed by atoms with Gasteiger partial charge in [0.05, 0.1) is 73.3 Å². The van der Waals surface area contributed by atoms with E-state index in [0.29, 0.717) is 86.9 Å². The van der Waals surface area contributed by atoms with E-state index in [1.807, 2.05) is 92.0 Å². The van der Waals surface area contributed by atoms with Gasteiger partial charge in [-0.05, 0) is 194 Å². The number of aliphatic hydroxyl groups excluding tert-OH is 2. The molecule has 33 heteroatoms. The van der Waals surface area contributed by atoms with Crippen molar-refractivity contribution >= 4 is 69.3 Å². The molecule has 10 heterocycles. The van der Waals surface area contributed by atoms with Crippen LogP contribution in [0.5, 0.6) is 34.5 Å². The highest BCUT2D eigenvalue weighted by Gasteiger charge is 2.57. The van der Waals surface area contributed by atoms with Crippen molar-refractivity contribution in [2.24, 2.45) is 11.8 Å². The molecule has 6 saturated heterocycles. The van der Waals surface area contributed by atoms with Crippen LogP contribution in [0.2, 0.25) is 15.1 Å². The first-order chi connectivity index (χ1) is 58.6. The number of piperidine rings is 1. The minimum absolute atomic E-state index is 0.0242. The highest BCUT2D eigenvalue weighted by molar-refractivity contribution is 7.10. The number of cyclic esters (lactones) is 1. The highest BCUT2D eigenvalue weighted by Crippen LogP contribution is 2.58. The largest absolute Gasteiger partial charge is 0.502 e. The van der Waals surface area contributed by atoms with Crippen molar-refractivity contribution in [3.8, 4) is 40.2 Å². The summed E-state index contributed by atoms with van der Waals surface area (Å²) in [6.07, 6.45) is 0.566. The van der Waals surface area contributed by atoms with Crippen molar-refractivity contribution in [3.63, 3.8) is 0 Å². The van der Waals surface area contributed by atoms with Gasteiger partial charge in [0, 0.05) is 90.1 Å². The number of aliphatic hydroxyl groups is 3. The molecule has 6 fully saturated rings. The Morgan fingerprint density at radius 3 is 2.07 bits per heavy atom. The van der Waals surface area contributed by atoms with E-state index in [1.165, 1.54) is 60.8 Å². The van der Waals surface area contributed by atoms with Crippen molar-refractivity contribution in [3.05, 3.63) is 246 Å². The van der Waals surface area contributed by atoms with Gasteiger partial charge in [0.1, 0.15) is 74.2 Å². The monoisotopic (exact) mass is 1740 g/mol. The zero-order valence-corrected chi connectivity index (χ0v) is 69.8. The number of phenolic OH excluding ortho intramolecular Hbond substituents is 1. The van der Waals surface area contributed by atoms with Crippen LogP contribution in [0.3, 0.4) is 0 Å². The zero-order chi connectivity index (χ0) is 84.2. The minimum Gasteiger partial charge on any atom is -0.502 e. The molecular weight excluding hydrogens is 1640 g/mol. The third-order valence-electron chi connectivity index (χ3n) is 23.6. The van der Waals surface area contributed by atoms with Gasteiger partial charge in [0.2, 0.25) is 18.3 Å². The number of esters is 1. The maximum atomic E-state index is 13.5. The normalized spacial score (nSPS) is 24.9. The molecule has 4 unspecified atom stereocenters. The maximum Gasteiger partial charge on any atom is 0.350 e. The molecule has 0 saturated carbocycles. The number of Topliss-reactive ketones (excluding diaryl/α,β-unsaturated/α-hetero) is 1. The Hall–Kier alpha value is -9.74. The number of hydrogen-bond donors (Lipinski definition) is 4. The van der Waals surface area contributed by atoms with Crippen LogP contribution < -0.4 is 39.2 Å². The van der Waals surface area contributed by atoms with Crippen LogP contribution in [0, 0.1) is 17.7 Å². The standard InChI is InChI=1S/C35H38Cl2N8O4.C32H32O13S.C21H23ClFNO2/c1-3-25(2)45-34(46)44(24-40-45)29-7-5-27(6-8-29)41-14-16-42(17-15-41)28-9-11-30(12-10-28)47-19-31-20-48-35(49-31,21-43-23-38-22-39-43)32-13-4-26(36)18-33(32)37;1-37-19-6-13(7-20(38-2)25(19)33)23-14-8-17-18(42-12-41-17)9-15(14)28(16-10-39-30(36)24(16)23)44-32-27(35)26(34)29-21(43-32)11-40-31(45-29)22-4-3-5-46-22;22-18-7-5-17(6-8-18)21(26)11-14-24(15-12-21)13-1-2-20(25)16-3-9-19(23)10-4-16/h4-13,18,22-25,31H,3,14-17,19-21H2,1-2H3;3-9,16,21,23-24,26-29,31-35H,10-12H2,1-2H3;3-10,26H,1-2,11-15H2/t25?,31-,35-;16?,21-,23-,24+,26-,27-,28?,29-,31?,32+;/m01./s1. The Morgan fingerprint density at radius 1 is 0.744 bits per heavy atom. The molecule has 8 aliphatic rings. The van der Waals surface area contributed by atoms with Crippen LogP contribution in [-0.4, -0.2) is 196 Å². The molecule has 1 aliphatic carbocycles. The zero-order valence-electron chi connectivity index (χ0n) is 66.8. The summed E-state index contributed by atoms with van der Waals surface area (Å²) in [6, 6.07) is 45.4. The molecule has 0 bridgehead atoms. The summed E-state index contributed by atoms with van der Waals surface area (Å²) in [5, 5.41) is 56.1. The molecule has 0 radical (unpaired) electrons. The lowest BCUT2D eigenvalue weighted by Crippen LogP contribution is -2.62. The van der Waals surface area contributed by atoms with Gasteiger partial charge in [0.15, 0.2) is 41.4 Å². The molecule has 3 aromatic heterocycles. The van der Waals surface area contributed by atoms with Gasteiger partial charge < -0.3 is 92.0 Å². The van der Waals surface area contributed by atoms with Crippen LogP contribution in [0.4, 0.5) is 15.8 Å². The van der Waals surface area contributed by atoms with Crippen LogP contribution in [0.1, 0.15) is 113 Å². The number of rotatable bonds is 23. The molecule has 7 aliphatic heterocycles. The number of anilines is 2. The van der Waals surface area contributed by atoms with Crippen LogP contribution >= 0.6 is 46.1 Å². The second kappa shape index (κ2) is 37.1. The Morgan fingerprint density at radius 2 is 1.42 bits per heavy atom. The van der Waals surface area contributed by atoms with Gasteiger partial charge >= 0.3 is 11.7 Å². The van der Waals surface area contributed by atoms with Gasteiger partial charge in [-0.1, -0.05) is 66.0 Å². The number of piperazine rings is 1. The number of aromatic hydroxyl groups is 1. The van der Waals surface area contributed by atoms with Crippen molar-refractivity contribution < 1.29 is 91.2 Å². The molecule has 0 amide bonds. The molecule has 4 N–H and O–H groups in total. The van der Waals surface area contributed by atoms with Gasteiger partial charge in [-0.25, -0.2) is 28.1 Å². The number of halogens is 4. The summed E-state index contributed by atoms with van der Waals surface area (Å²) in [4.78, 5) is 50.3. The Labute approximate surface area is 716 Å². The molecule has 10 aromatic rings. The number of methoxy groups -OCH3 is 2. The Balaban J connectivity index is 0.000000141. The Bertz CT molecular complexity index is 5250. The summed E-state index contributed by atoms with van der Waals surface area (Å²) < 4.78 is 89.1. The first kappa shape index (κ1) is 84.8. The fraction of sp³-hybridized carbons (Fsp3) is 0.409. The minimum atomic E-state index is -1.47. The van der Waals surface area contributed by atoms with E-state index in [0.717, 1.165) is 91.9 Å². The quantitative estimate of drug-likeness (QED) is 0.0341. The van der Waals surface area contributed by atoms with E-state index in [9.17, 15) is 39.2 Å². The molecular formula is C88H93Cl3FN9O19S. The first-order valence-electron chi connectivity index (χ1n) is 40.2. The number of thiophene rings is 1. The van der Waals surface area contributed by atoms with Crippen LogP contribution in [-0.2, 0) is 55.9 Å². The number of aromatic nitrogens is 6. The fourth-order valence-electron chi connectivity index (χ4n) is 16.9. The van der Waals surface area contributed by atoms with Crippen molar-refractivity contribution in [2.75, 3.05) is 103 Å². The molecule has 18 rings (SSSR count). The fourth-order valence-corrected chi connectivity index (χ4v) is 18.2. The lowest BCUT2D eigenvalue weighted by Gasteiger charge is -2.48. The van der Waals surface area contributed by atoms with E-state index in [1.54, 1.807) is 52.2 Å². The average Bonchev–Trinajstić information content (AvgIpc) is 1.59. The van der Waals surface area contributed by atoms with E-state index >= 15 is 0 Å². The highest BCUT2D eigenvalue weighted by atomic mass is 35.5. The number of hydrogen-bond acceptors (Lipinski definition) is 26. The smallest absolute Gasteiger partial charge is 0.350 e. The first-order valence-corrected chi connectivity index (χ1v) is 42.3. The van der Waals surface area contributed by atoms with Gasteiger partial charge in [-0.2, -0.15) is 10.2 Å². The molecule has 7 aromatic carbocycles. The number of likely N-dealkylation sites (tertiary alicyclic amines) is 1. The number of ether oxygens (including phenoxy) is 12. The van der Waals surface area contributed by atoms with Crippen molar-refractivity contribution in [2.45, 2.75) is 125 Å². The van der Waals surface area contributed by atoms with Crippen LogP contribution in [0.25, 0.3) is 5.69 Å². The summed E-state index contributed by atoms with van der Waals surface area (Å²) in [5.74, 6) is -1.78. The van der Waals surface area contributed by atoms with Crippen LogP contribution in [0.15, 0.2) is 181 Å². The summed E-state index contributed by atoms with van der Waals surface area (Å²) >= 11 is 20.1. The lowest BCUT2D eigenvalue weighted by atomic mass is 9.66. The summed E-state index contributed by atoms with van der Waals surface area (Å²) in [6.45, 7) is 11.1. The number of ketones is 1. The third kappa shape index (κ3) is 18.4. The predicted octanol–water partition coefficient (Wildman–Crippen LogP) is 12.8. The van der Waals surface area contributed by atoms with Crippen molar-refractivity contribution in [1.29, 1.82) is 0 Å².